The van der Waals surface area contributed by atoms with Crippen molar-refractivity contribution in [1.82, 2.24) is 4.90 Å². The van der Waals surface area contributed by atoms with Crippen molar-refractivity contribution in [2.24, 2.45) is 17.8 Å². The number of para-hydroxylation sites is 1. The van der Waals surface area contributed by atoms with Gasteiger partial charge in [0.1, 0.15) is 0 Å². The fourth-order valence-corrected chi connectivity index (χ4v) is 4.80. The first kappa shape index (κ1) is 17.3. The number of amides is 2. The van der Waals surface area contributed by atoms with Crippen molar-refractivity contribution in [2.45, 2.75) is 37.0 Å². The monoisotopic (exact) mass is 346 g/mol. The second kappa shape index (κ2) is 7.60. The summed E-state index contributed by atoms with van der Waals surface area (Å²) < 4.78 is 0. The molecule has 0 spiro atoms. The topological polar surface area (TPSA) is 49.4 Å². The van der Waals surface area contributed by atoms with Gasteiger partial charge in [-0.2, -0.15) is 0 Å². The summed E-state index contributed by atoms with van der Waals surface area (Å²) >= 11 is 1.60. The Morgan fingerprint density at radius 3 is 2.71 bits per heavy atom. The van der Waals surface area contributed by atoms with Crippen LogP contribution in [0.15, 0.2) is 29.2 Å². The van der Waals surface area contributed by atoms with Gasteiger partial charge in [-0.1, -0.05) is 18.6 Å². The van der Waals surface area contributed by atoms with Gasteiger partial charge < -0.3 is 10.2 Å². The molecule has 1 aromatic carbocycles. The van der Waals surface area contributed by atoms with Gasteiger partial charge in [0, 0.05) is 18.4 Å². The number of rotatable bonds is 6. The van der Waals surface area contributed by atoms with Crippen LogP contribution in [0.4, 0.5) is 5.69 Å². The van der Waals surface area contributed by atoms with Gasteiger partial charge >= 0.3 is 0 Å². The molecule has 4 nitrogen and oxygen atoms in total. The molecular formula is C19H26N2O2S. The summed E-state index contributed by atoms with van der Waals surface area (Å²) in [7, 11) is 1.73. The average molecular weight is 346 g/mol. The lowest BCUT2D eigenvalue weighted by molar-refractivity contribution is -0.134. The molecule has 1 aromatic rings. The van der Waals surface area contributed by atoms with Crippen LogP contribution in [0.5, 0.6) is 0 Å². The Kier molecular flexibility index (Phi) is 5.49. The molecule has 0 aromatic heterocycles. The number of carbonyl (C=O) groups excluding carboxylic acids is 2. The molecule has 2 saturated carbocycles. The Balaban J connectivity index is 1.49. The minimum absolute atomic E-state index is 0.0980. The van der Waals surface area contributed by atoms with Crippen LogP contribution >= 0.6 is 11.8 Å². The van der Waals surface area contributed by atoms with E-state index in [0.29, 0.717) is 12.3 Å². The summed E-state index contributed by atoms with van der Waals surface area (Å²) in [5, 5.41) is 2.91. The van der Waals surface area contributed by atoms with Crippen LogP contribution in [0, 0.1) is 17.8 Å². The molecule has 0 unspecified atom stereocenters. The Morgan fingerprint density at radius 2 is 2.04 bits per heavy atom. The number of thioether (sulfide) groups is 1. The number of fused-ring (bicyclic) bond motifs is 2. The molecule has 2 bridgehead atoms. The zero-order valence-corrected chi connectivity index (χ0v) is 15.3. The van der Waals surface area contributed by atoms with Crippen LogP contribution in [0.2, 0.25) is 0 Å². The fraction of sp³-hybridized carbons (Fsp3) is 0.579. The molecule has 0 heterocycles. The standard InChI is InChI=1S/C19H26N2O2S/c1-21(19(23)11-15-10-13-7-8-14(15)9-13)12-18(22)20-16-5-3-4-6-17(16)24-2/h3-6,13-15H,7-12H2,1-2H3,(H,20,22)/t13-,14-,15-/m1/s1. The maximum Gasteiger partial charge on any atom is 0.244 e. The molecule has 0 aliphatic heterocycles. The van der Waals surface area contributed by atoms with Crippen LogP contribution in [-0.4, -0.2) is 36.6 Å². The highest BCUT2D eigenvalue weighted by atomic mass is 32.2. The molecular weight excluding hydrogens is 320 g/mol. The molecule has 0 saturated heterocycles. The van der Waals surface area contributed by atoms with Crippen molar-refractivity contribution in [3.8, 4) is 0 Å². The van der Waals surface area contributed by atoms with Gasteiger partial charge in [-0.05, 0) is 55.4 Å². The smallest absolute Gasteiger partial charge is 0.244 e. The van der Waals surface area contributed by atoms with E-state index in [1.54, 1.807) is 23.7 Å². The third-order valence-electron chi connectivity index (χ3n) is 5.51. The van der Waals surface area contributed by atoms with E-state index in [1.807, 2.05) is 30.5 Å². The minimum Gasteiger partial charge on any atom is -0.336 e. The third-order valence-corrected chi connectivity index (χ3v) is 6.30. The Labute approximate surface area is 148 Å². The first-order valence-corrected chi connectivity index (χ1v) is 9.96. The van der Waals surface area contributed by atoms with Gasteiger partial charge in [-0.25, -0.2) is 0 Å². The Bertz CT molecular complexity index is 619. The molecule has 24 heavy (non-hydrogen) atoms. The predicted octanol–water partition coefficient (Wildman–Crippen LogP) is 3.63. The lowest BCUT2D eigenvalue weighted by Crippen LogP contribution is -2.36. The Hall–Kier alpha value is -1.49. The van der Waals surface area contributed by atoms with Crippen LogP contribution in [0.1, 0.15) is 32.1 Å². The van der Waals surface area contributed by atoms with Crippen LogP contribution in [0.3, 0.4) is 0 Å². The molecule has 3 atom stereocenters. The van der Waals surface area contributed by atoms with Crippen molar-refractivity contribution in [2.75, 3.05) is 25.2 Å². The number of nitrogens with zero attached hydrogens (tertiary/aromatic N) is 1. The number of likely N-dealkylation sites (N-methyl/N-ethyl adjacent to an activating group) is 1. The van der Waals surface area contributed by atoms with E-state index in [9.17, 15) is 9.59 Å². The number of anilines is 1. The lowest BCUT2D eigenvalue weighted by atomic mass is 9.86. The highest BCUT2D eigenvalue weighted by molar-refractivity contribution is 7.98. The summed E-state index contributed by atoms with van der Waals surface area (Å²) in [5.41, 5.74) is 0.809. The highest BCUT2D eigenvalue weighted by Crippen LogP contribution is 2.49. The molecule has 2 aliphatic rings. The van der Waals surface area contributed by atoms with Crippen LogP contribution in [0.25, 0.3) is 0 Å². The van der Waals surface area contributed by atoms with Crippen LogP contribution in [-0.2, 0) is 9.59 Å². The second-order valence-electron chi connectivity index (χ2n) is 7.14. The molecule has 2 fully saturated rings. The van der Waals surface area contributed by atoms with Crippen molar-refractivity contribution in [3.05, 3.63) is 24.3 Å². The van der Waals surface area contributed by atoms with Gasteiger partial charge in [-0.15, -0.1) is 11.8 Å². The number of carbonyl (C=O) groups is 2. The summed E-state index contributed by atoms with van der Waals surface area (Å²) in [6.07, 6.45) is 7.74. The lowest BCUT2D eigenvalue weighted by Gasteiger charge is -2.24. The summed E-state index contributed by atoms with van der Waals surface area (Å²) in [5.74, 6) is 2.10. The quantitative estimate of drug-likeness (QED) is 0.800. The number of hydrogen-bond acceptors (Lipinski definition) is 3. The van der Waals surface area contributed by atoms with Gasteiger partial charge in [0.2, 0.25) is 11.8 Å². The molecule has 0 radical (unpaired) electrons. The largest absolute Gasteiger partial charge is 0.336 e. The molecule has 1 N–H and O–H groups in total. The zero-order chi connectivity index (χ0) is 17.1. The predicted molar refractivity (Wildman–Crippen MR) is 98.0 cm³/mol. The van der Waals surface area contributed by atoms with Gasteiger partial charge in [0.25, 0.3) is 0 Å². The van der Waals surface area contributed by atoms with E-state index in [-0.39, 0.29) is 18.4 Å². The molecule has 130 valence electrons. The van der Waals surface area contributed by atoms with Crippen LogP contribution < -0.4 is 5.32 Å². The van der Waals surface area contributed by atoms with E-state index in [1.165, 1.54) is 25.7 Å². The summed E-state index contributed by atoms with van der Waals surface area (Å²) in [6, 6.07) is 7.72. The van der Waals surface area contributed by atoms with Gasteiger partial charge in [0.05, 0.1) is 12.2 Å². The maximum absolute atomic E-state index is 12.4. The summed E-state index contributed by atoms with van der Waals surface area (Å²) in [6.45, 7) is 0.113. The van der Waals surface area contributed by atoms with E-state index in [0.717, 1.165) is 22.4 Å². The first-order valence-electron chi connectivity index (χ1n) is 8.73. The molecule has 2 aliphatic carbocycles. The number of hydrogen-bond donors (Lipinski definition) is 1. The number of benzene rings is 1. The fourth-order valence-electron chi connectivity index (χ4n) is 4.25. The van der Waals surface area contributed by atoms with E-state index < -0.39 is 0 Å². The first-order chi connectivity index (χ1) is 11.6. The normalized spacial score (nSPS) is 24.8. The summed E-state index contributed by atoms with van der Waals surface area (Å²) in [4.78, 5) is 27.3. The van der Waals surface area contributed by atoms with Crippen molar-refractivity contribution < 1.29 is 9.59 Å². The Morgan fingerprint density at radius 1 is 1.25 bits per heavy atom. The number of nitrogens with one attached hydrogen (secondary N) is 1. The zero-order valence-electron chi connectivity index (χ0n) is 14.5. The SMILES string of the molecule is CSc1ccccc1NC(=O)CN(C)C(=O)C[C@H]1C[C@@H]2CC[C@@H]1C2. The van der Waals surface area contributed by atoms with Crippen molar-refractivity contribution >= 4 is 29.3 Å². The van der Waals surface area contributed by atoms with Gasteiger partial charge in [0.15, 0.2) is 0 Å². The van der Waals surface area contributed by atoms with Gasteiger partial charge in [-0.3, -0.25) is 9.59 Å². The maximum atomic E-state index is 12.4. The van der Waals surface area contributed by atoms with Crippen molar-refractivity contribution in [3.63, 3.8) is 0 Å². The van der Waals surface area contributed by atoms with E-state index in [4.69, 9.17) is 0 Å². The third kappa shape index (κ3) is 3.94. The molecule has 5 heteroatoms. The second-order valence-corrected chi connectivity index (χ2v) is 7.99. The highest BCUT2D eigenvalue weighted by Gasteiger charge is 2.40. The molecule has 3 rings (SSSR count). The average Bonchev–Trinajstić information content (AvgIpc) is 3.18. The van der Waals surface area contributed by atoms with E-state index in [2.05, 4.69) is 5.32 Å². The van der Waals surface area contributed by atoms with Crippen molar-refractivity contribution in [1.29, 1.82) is 0 Å². The molecule has 2 amide bonds. The van der Waals surface area contributed by atoms with E-state index >= 15 is 0 Å². The minimum atomic E-state index is -0.139.